The highest BCUT2D eigenvalue weighted by Crippen LogP contribution is 2.35. The molecule has 0 saturated carbocycles. The van der Waals surface area contributed by atoms with E-state index in [1.54, 1.807) is 0 Å². The van der Waals surface area contributed by atoms with E-state index in [1.807, 2.05) is 55.5 Å². The molecule has 1 N–H and O–H groups in total. The summed E-state index contributed by atoms with van der Waals surface area (Å²) < 4.78 is 5.71. The van der Waals surface area contributed by atoms with Crippen LogP contribution in [0.1, 0.15) is 25.0 Å². The summed E-state index contributed by atoms with van der Waals surface area (Å²) in [6, 6.07) is 15.5. The Morgan fingerprint density at radius 1 is 1.15 bits per heavy atom. The quantitative estimate of drug-likeness (QED) is 0.770. The molecule has 0 aliphatic heterocycles. The molecule has 0 aliphatic rings. The number of aliphatic hydroxyl groups excluding tert-OH is 1. The number of nitrogens with zero attached hydrogens (tertiary/aromatic N) is 1. The van der Waals surface area contributed by atoms with Gasteiger partial charge in [0.15, 0.2) is 5.58 Å². The van der Waals surface area contributed by atoms with Crippen molar-refractivity contribution < 1.29 is 9.52 Å². The molecular weight excluding hydrogens is 270 g/mol. The second-order valence-electron chi connectivity index (χ2n) is 4.51. The minimum atomic E-state index is -0.455. The van der Waals surface area contributed by atoms with Crippen LogP contribution in [0.15, 0.2) is 63.1 Å². The molecule has 102 valence electrons. The molecule has 0 radical (unpaired) electrons. The van der Waals surface area contributed by atoms with Gasteiger partial charge in [-0.2, -0.15) is 0 Å². The van der Waals surface area contributed by atoms with Crippen LogP contribution in [0.2, 0.25) is 0 Å². The molecule has 4 heteroatoms. The zero-order valence-corrected chi connectivity index (χ0v) is 11.9. The number of oxazole rings is 1. The normalized spacial score (nSPS) is 12.7. The van der Waals surface area contributed by atoms with E-state index in [2.05, 4.69) is 4.98 Å². The first-order valence-corrected chi connectivity index (χ1v) is 7.40. The van der Waals surface area contributed by atoms with Crippen LogP contribution in [0.4, 0.5) is 0 Å². The van der Waals surface area contributed by atoms with Crippen molar-refractivity contribution in [3.05, 3.63) is 54.1 Å². The maximum absolute atomic E-state index is 10.1. The molecule has 0 amide bonds. The van der Waals surface area contributed by atoms with Gasteiger partial charge in [-0.15, -0.1) is 0 Å². The maximum Gasteiger partial charge on any atom is 0.261 e. The smallest absolute Gasteiger partial charge is 0.261 e. The molecular formula is C16H15NO2S. The van der Waals surface area contributed by atoms with Crippen LogP contribution < -0.4 is 0 Å². The van der Waals surface area contributed by atoms with Crippen LogP contribution in [0, 0.1) is 0 Å². The van der Waals surface area contributed by atoms with Crippen LogP contribution in [0.3, 0.4) is 0 Å². The van der Waals surface area contributed by atoms with Crippen molar-refractivity contribution in [1.82, 2.24) is 4.98 Å². The summed E-state index contributed by atoms with van der Waals surface area (Å²) in [5.41, 5.74) is 2.55. The average Bonchev–Trinajstić information content (AvgIpc) is 2.89. The van der Waals surface area contributed by atoms with Gasteiger partial charge in [0, 0.05) is 4.90 Å². The number of para-hydroxylation sites is 2. The third kappa shape index (κ3) is 2.57. The van der Waals surface area contributed by atoms with Crippen LogP contribution in [-0.2, 0) is 0 Å². The van der Waals surface area contributed by atoms with E-state index in [-0.39, 0.29) is 0 Å². The fourth-order valence-electron chi connectivity index (χ4n) is 2.06. The standard InChI is InChI=1S/C16H15NO2S/c1-2-13(18)11-7-3-6-10-15(11)20-16-17-12-8-4-5-9-14(12)19-16/h3-10,13,18H,2H2,1H3. The van der Waals surface area contributed by atoms with E-state index in [0.717, 1.165) is 21.6 Å². The van der Waals surface area contributed by atoms with Gasteiger partial charge in [-0.1, -0.05) is 37.3 Å². The molecule has 0 bridgehead atoms. The fourth-order valence-corrected chi connectivity index (χ4v) is 2.99. The summed E-state index contributed by atoms with van der Waals surface area (Å²) in [4.78, 5) is 5.43. The van der Waals surface area contributed by atoms with E-state index >= 15 is 0 Å². The van der Waals surface area contributed by atoms with Crippen molar-refractivity contribution in [1.29, 1.82) is 0 Å². The van der Waals surface area contributed by atoms with E-state index in [0.29, 0.717) is 11.6 Å². The van der Waals surface area contributed by atoms with E-state index in [4.69, 9.17) is 4.42 Å². The molecule has 3 aromatic rings. The first-order chi connectivity index (χ1) is 9.78. The van der Waals surface area contributed by atoms with Crippen LogP contribution in [-0.4, -0.2) is 10.1 Å². The molecule has 0 fully saturated rings. The average molecular weight is 285 g/mol. The van der Waals surface area contributed by atoms with Crippen molar-refractivity contribution in [3.63, 3.8) is 0 Å². The Morgan fingerprint density at radius 2 is 1.90 bits per heavy atom. The minimum absolute atomic E-state index is 0.455. The Bertz CT molecular complexity index is 690. The highest BCUT2D eigenvalue weighted by molar-refractivity contribution is 7.99. The summed E-state index contributed by atoms with van der Waals surface area (Å²) in [6.07, 6.45) is 0.230. The fraction of sp³-hybridized carbons (Fsp3) is 0.188. The highest BCUT2D eigenvalue weighted by atomic mass is 32.2. The van der Waals surface area contributed by atoms with Crippen molar-refractivity contribution in [2.75, 3.05) is 0 Å². The molecule has 0 saturated heterocycles. The topological polar surface area (TPSA) is 46.3 Å². The molecule has 0 spiro atoms. The number of fused-ring (bicyclic) bond motifs is 1. The summed E-state index contributed by atoms with van der Waals surface area (Å²) in [6.45, 7) is 1.96. The van der Waals surface area contributed by atoms with Gasteiger partial charge in [-0.3, -0.25) is 0 Å². The molecule has 0 aliphatic carbocycles. The molecule has 3 rings (SSSR count). The summed E-state index contributed by atoms with van der Waals surface area (Å²) in [5, 5.41) is 10.7. The van der Waals surface area contributed by atoms with E-state index in [9.17, 15) is 5.11 Å². The Kier molecular flexibility index (Phi) is 3.76. The maximum atomic E-state index is 10.1. The van der Waals surface area contributed by atoms with Gasteiger partial charge in [0.1, 0.15) is 5.52 Å². The van der Waals surface area contributed by atoms with Gasteiger partial charge in [0.25, 0.3) is 5.22 Å². The number of rotatable bonds is 4. The summed E-state index contributed by atoms with van der Waals surface area (Å²) in [7, 11) is 0. The minimum Gasteiger partial charge on any atom is -0.431 e. The molecule has 20 heavy (non-hydrogen) atoms. The summed E-state index contributed by atoms with van der Waals surface area (Å²) in [5.74, 6) is 0. The Hall–Kier alpha value is -1.78. The second kappa shape index (κ2) is 5.69. The van der Waals surface area contributed by atoms with E-state index in [1.165, 1.54) is 11.8 Å². The highest BCUT2D eigenvalue weighted by Gasteiger charge is 2.14. The van der Waals surface area contributed by atoms with Crippen LogP contribution in [0.25, 0.3) is 11.1 Å². The summed E-state index contributed by atoms with van der Waals surface area (Å²) >= 11 is 1.45. The van der Waals surface area contributed by atoms with Crippen molar-refractivity contribution >= 4 is 22.9 Å². The predicted octanol–water partition coefficient (Wildman–Crippen LogP) is 4.42. The van der Waals surface area contributed by atoms with Crippen molar-refractivity contribution in [2.24, 2.45) is 0 Å². The first kappa shape index (κ1) is 13.2. The monoisotopic (exact) mass is 285 g/mol. The van der Waals surface area contributed by atoms with Gasteiger partial charge >= 0.3 is 0 Å². The Balaban J connectivity index is 1.94. The number of benzene rings is 2. The predicted molar refractivity (Wildman–Crippen MR) is 79.8 cm³/mol. The second-order valence-corrected chi connectivity index (χ2v) is 5.50. The van der Waals surface area contributed by atoms with Gasteiger partial charge in [-0.25, -0.2) is 4.98 Å². The van der Waals surface area contributed by atoms with Gasteiger partial charge in [0.05, 0.1) is 6.10 Å². The lowest BCUT2D eigenvalue weighted by molar-refractivity contribution is 0.171. The lowest BCUT2D eigenvalue weighted by atomic mass is 10.1. The molecule has 2 aromatic carbocycles. The largest absolute Gasteiger partial charge is 0.431 e. The molecule has 1 unspecified atom stereocenters. The first-order valence-electron chi connectivity index (χ1n) is 6.58. The lowest BCUT2D eigenvalue weighted by Gasteiger charge is -2.11. The SMILES string of the molecule is CCC(O)c1ccccc1Sc1nc2ccccc2o1. The van der Waals surface area contributed by atoms with E-state index < -0.39 is 6.10 Å². The number of hydrogen-bond acceptors (Lipinski definition) is 4. The molecule has 1 aromatic heterocycles. The number of hydrogen-bond donors (Lipinski definition) is 1. The molecule has 1 atom stereocenters. The zero-order valence-electron chi connectivity index (χ0n) is 11.1. The lowest BCUT2D eigenvalue weighted by Crippen LogP contribution is -1.97. The molecule has 3 nitrogen and oxygen atoms in total. The van der Waals surface area contributed by atoms with Crippen LogP contribution in [0.5, 0.6) is 0 Å². The Labute approximate surface area is 121 Å². The van der Waals surface area contributed by atoms with Gasteiger partial charge in [0.2, 0.25) is 0 Å². The third-order valence-corrected chi connectivity index (χ3v) is 4.08. The number of aliphatic hydroxyl groups is 1. The zero-order chi connectivity index (χ0) is 13.9. The van der Waals surface area contributed by atoms with Crippen molar-refractivity contribution in [2.45, 2.75) is 29.6 Å². The molecule has 1 heterocycles. The Morgan fingerprint density at radius 3 is 2.70 bits per heavy atom. The van der Waals surface area contributed by atoms with Crippen LogP contribution >= 0.6 is 11.8 Å². The van der Waals surface area contributed by atoms with Gasteiger partial charge < -0.3 is 9.52 Å². The number of aromatic nitrogens is 1. The van der Waals surface area contributed by atoms with Gasteiger partial charge in [-0.05, 0) is 41.9 Å². The third-order valence-electron chi connectivity index (χ3n) is 3.14. The van der Waals surface area contributed by atoms with Crippen molar-refractivity contribution in [3.8, 4) is 0 Å².